The van der Waals surface area contributed by atoms with E-state index in [4.69, 9.17) is 4.74 Å². The quantitative estimate of drug-likeness (QED) is 0.383. The molecule has 0 unspecified atom stereocenters. The van der Waals surface area contributed by atoms with Crippen molar-refractivity contribution in [3.8, 4) is 5.75 Å². The second-order valence-electron chi connectivity index (χ2n) is 10.2. The second kappa shape index (κ2) is 12.7. The molecule has 2 N–H and O–H groups in total. The van der Waals surface area contributed by atoms with Crippen LogP contribution in [0.2, 0.25) is 0 Å². The first-order chi connectivity index (χ1) is 18.0. The minimum atomic E-state index is -0.149. The van der Waals surface area contributed by atoms with Crippen molar-refractivity contribution >= 4 is 22.8 Å². The number of hydrogen-bond donors (Lipinski definition) is 2. The molecule has 1 fully saturated rings. The average Bonchev–Trinajstić information content (AvgIpc) is 3.33. The summed E-state index contributed by atoms with van der Waals surface area (Å²) in [6.45, 7) is 4.92. The first kappa shape index (κ1) is 26.6. The molecule has 1 aliphatic rings. The first-order valence-corrected chi connectivity index (χ1v) is 13.5. The number of benzene rings is 2. The topological polar surface area (TPSA) is 77.7 Å². The minimum Gasteiger partial charge on any atom is -0.496 e. The zero-order valence-corrected chi connectivity index (χ0v) is 22.3. The van der Waals surface area contributed by atoms with Crippen LogP contribution in [0.25, 0.3) is 10.9 Å². The van der Waals surface area contributed by atoms with Crippen molar-refractivity contribution < 1.29 is 14.3 Å². The summed E-state index contributed by atoms with van der Waals surface area (Å²) in [7, 11) is 1.65. The van der Waals surface area contributed by atoms with Gasteiger partial charge >= 0.3 is 6.03 Å². The lowest BCUT2D eigenvalue weighted by atomic mass is 9.96. The molecule has 1 aromatic heterocycles. The van der Waals surface area contributed by atoms with Gasteiger partial charge in [0, 0.05) is 47.8 Å². The molecule has 37 heavy (non-hydrogen) atoms. The van der Waals surface area contributed by atoms with Crippen LogP contribution in [0.5, 0.6) is 5.75 Å². The summed E-state index contributed by atoms with van der Waals surface area (Å²) in [5, 5.41) is 4.35. The SMILES string of the molecule is COc1ccccc1CN(CCc1c[nH]c2ccccc12)C(=O)CN(C(=O)NC1CCCCC1)C(C)C. The molecule has 4 rings (SSSR count). The molecular formula is C30H40N4O3. The van der Waals surface area contributed by atoms with E-state index in [2.05, 4.69) is 22.4 Å². The fraction of sp³-hybridized carbons (Fsp3) is 0.467. The van der Waals surface area contributed by atoms with Crippen molar-refractivity contribution in [1.29, 1.82) is 0 Å². The molecule has 0 radical (unpaired) electrons. The van der Waals surface area contributed by atoms with E-state index in [-0.39, 0.29) is 30.6 Å². The van der Waals surface area contributed by atoms with Gasteiger partial charge in [0.15, 0.2) is 0 Å². The lowest BCUT2D eigenvalue weighted by Crippen LogP contribution is -2.52. The maximum Gasteiger partial charge on any atom is 0.318 e. The number of ether oxygens (including phenoxy) is 1. The molecule has 3 aromatic rings. The molecule has 0 saturated heterocycles. The smallest absolute Gasteiger partial charge is 0.318 e. The maximum absolute atomic E-state index is 13.7. The van der Waals surface area contributed by atoms with Gasteiger partial charge in [-0.3, -0.25) is 4.79 Å². The van der Waals surface area contributed by atoms with Crippen molar-refractivity contribution in [1.82, 2.24) is 20.1 Å². The number of amides is 3. The maximum atomic E-state index is 13.7. The van der Waals surface area contributed by atoms with Gasteiger partial charge in [0.2, 0.25) is 5.91 Å². The Morgan fingerprint density at radius 1 is 1.03 bits per heavy atom. The lowest BCUT2D eigenvalue weighted by molar-refractivity contribution is -0.132. The highest BCUT2D eigenvalue weighted by molar-refractivity contribution is 5.85. The van der Waals surface area contributed by atoms with E-state index in [1.807, 2.05) is 61.3 Å². The molecule has 0 atom stereocenters. The van der Waals surface area contributed by atoms with Crippen LogP contribution in [0.15, 0.2) is 54.7 Å². The summed E-state index contributed by atoms with van der Waals surface area (Å²) < 4.78 is 5.56. The van der Waals surface area contributed by atoms with Crippen LogP contribution in [-0.4, -0.2) is 59.0 Å². The van der Waals surface area contributed by atoms with Gasteiger partial charge in [0.25, 0.3) is 0 Å². The molecule has 0 spiro atoms. The number of nitrogens with one attached hydrogen (secondary N) is 2. The van der Waals surface area contributed by atoms with Gasteiger partial charge in [-0.1, -0.05) is 55.7 Å². The Kier molecular flexibility index (Phi) is 9.09. The number of hydrogen-bond acceptors (Lipinski definition) is 3. The summed E-state index contributed by atoms with van der Waals surface area (Å²) in [5.74, 6) is 0.682. The van der Waals surface area contributed by atoms with Gasteiger partial charge in [-0.25, -0.2) is 4.79 Å². The molecule has 7 heteroatoms. The van der Waals surface area contributed by atoms with Crippen LogP contribution in [0.3, 0.4) is 0 Å². The van der Waals surface area contributed by atoms with E-state index < -0.39 is 0 Å². The summed E-state index contributed by atoms with van der Waals surface area (Å²) in [4.78, 5) is 33.8. The van der Waals surface area contributed by atoms with Crippen LogP contribution in [-0.2, 0) is 17.8 Å². The van der Waals surface area contributed by atoms with E-state index in [0.717, 1.165) is 42.5 Å². The van der Waals surface area contributed by atoms with E-state index in [1.165, 1.54) is 17.4 Å². The van der Waals surface area contributed by atoms with Gasteiger partial charge in [-0.15, -0.1) is 0 Å². The van der Waals surface area contributed by atoms with Crippen molar-refractivity contribution in [2.45, 2.75) is 71.0 Å². The summed E-state index contributed by atoms with van der Waals surface area (Å²) in [5.41, 5.74) is 3.20. The third-order valence-corrected chi connectivity index (χ3v) is 7.35. The highest BCUT2D eigenvalue weighted by atomic mass is 16.5. The largest absolute Gasteiger partial charge is 0.496 e. The van der Waals surface area contributed by atoms with E-state index >= 15 is 0 Å². The Hall–Kier alpha value is -3.48. The fourth-order valence-electron chi connectivity index (χ4n) is 5.16. The number of aromatic amines is 1. The Labute approximate surface area is 220 Å². The predicted molar refractivity (Wildman–Crippen MR) is 148 cm³/mol. The number of nitrogens with zero attached hydrogens (tertiary/aromatic N) is 2. The number of methoxy groups -OCH3 is 1. The van der Waals surface area contributed by atoms with Gasteiger partial charge in [-0.05, 0) is 50.8 Å². The van der Waals surface area contributed by atoms with E-state index in [0.29, 0.717) is 19.5 Å². The van der Waals surface area contributed by atoms with Crippen molar-refractivity contribution in [3.05, 3.63) is 65.9 Å². The van der Waals surface area contributed by atoms with Crippen molar-refractivity contribution in [3.63, 3.8) is 0 Å². The number of carbonyl (C=O) groups is 2. The van der Waals surface area contributed by atoms with E-state index in [1.54, 1.807) is 12.0 Å². The molecule has 1 aliphatic carbocycles. The lowest BCUT2D eigenvalue weighted by Gasteiger charge is -2.32. The summed E-state index contributed by atoms with van der Waals surface area (Å²) in [6.07, 6.45) is 8.27. The van der Waals surface area contributed by atoms with Crippen molar-refractivity contribution in [2.75, 3.05) is 20.2 Å². The van der Waals surface area contributed by atoms with Crippen LogP contribution >= 0.6 is 0 Å². The molecule has 2 aromatic carbocycles. The zero-order chi connectivity index (χ0) is 26.2. The molecular weight excluding hydrogens is 464 g/mol. The number of aromatic nitrogens is 1. The third kappa shape index (κ3) is 6.85. The molecule has 1 heterocycles. The van der Waals surface area contributed by atoms with Crippen LogP contribution in [0, 0.1) is 0 Å². The Bertz CT molecular complexity index is 1180. The minimum absolute atomic E-state index is 0.0409. The molecule has 1 saturated carbocycles. The normalized spacial score (nSPS) is 14.1. The Morgan fingerprint density at radius 2 is 1.76 bits per heavy atom. The van der Waals surface area contributed by atoms with Gasteiger partial charge in [-0.2, -0.15) is 0 Å². The molecule has 7 nitrogen and oxygen atoms in total. The van der Waals surface area contributed by atoms with E-state index in [9.17, 15) is 9.59 Å². The average molecular weight is 505 g/mol. The Balaban J connectivity index is 1.50. The Morgan fingerprint density at radius 3 is 2.51 bits per heavy atom. The summed E-state index contributed by atoms with van der Waals surface area (Å²) in [6, 6.07) is 15.9. The first-order valence-electron chi connectivity index (χ1n) is 13.5. The monoisotopic (exact) mass is 504 g/mol. The highest BCUT2D eigenvalue weighted by Gasteiger charge is 2.26. The number of fused-ring (bicyclic) bond motifs is 1. The van der Waals surface area contributed by atoms with Gasteiger partial charge in [0.1, 0.15) is 12.3 Å². The van der Waals surface area contributed by atoms with Crippen LogP contribution in [0.1, 0.15) is 57.1 Å². The predicted octanol–water partition coefficient (Wildman–Crippen LogP) is 5.50. The van der Waals surface area contributed by atoms with Gasteiger partial charge < -0.3 is 24.8 Å². The number of carbonyl (C=O) groups excluding carboxylic acids is 2. The number of urea groups is 1. The fourth-order valence-corrected chi connectivity index (χ4v) is 5.16. The molecule has 0 bridgehead atoms. The highest BCUT2D eigenvalue weighted by Crippen LogP contribution is 2.22. The third-order valence-electron chi connectivity index (χ3n) is 7.35. The standard InChI is InChI=1S/C30H40N4O3/c1-22(2)34(30(36)32-25-12-5-4-6-13-25)21-29(35)33(20-24-11-7-10-16-28(24)37-3)18-17-23-19-31-27-15-9-8-14-26(23)27/h7-11,14-16,19,22,25,31H,4-6,12-13,17-18,20-21H2,1-3H3,(H,32,36). The number of para-hydroxylation sites is 2. The van der Waals surface area contributed by atoms with Crippen LogP contribution in [0.4, 0.5) is 4.79 Å². The second-order valence-corrected chi connectivity index (χ2v) is 10.2. The molecule has 0 aliphatic heterocycles. The zero-order valence-electron chi connectivity index (χ0n) is 22.3. The van der Waals surface area contributed by atoms with Crippen molar-refractivity contribution in [2.24, 2.45) is 0 Å². The van der Waals surface area contributed by atoms with Gasteiger partial charge in [0.05, 0.1) is 7.11 Å². The summed E-state index contributed by atoms with van der Waals surface area (Å²) >= 11 is 0. The molecule has 3 amide bonds. The van der Waals surface area contributed by atoms with Crippen LogP contribution < -0.4 is 10.1 Å². The number of rotatable bonds is 10. The number of H-pyrrole nitrogens is 1. The molecule has 198 valence electrons.